The summed E-state index contributed by atoms with van der Waals surface area (Å²) < 4.78 is 23.5. The molecule has 1 heterocycles. The fraction of sp³-hybridized carbons (Fsp3) is 0.350. The molecule has 0 bridgehead atoms. The van der Waals surface area contributed by atoms with E-state index in [4.69, 9.17) is 9.47 Å². The van der Waals surface area contributed by atoms with Crippen molar-refractivity contribution in [1.82, 2.24) is 0 Å². The van der Waals surface area contributed by atoms with E-state index in [9.17, 15) is 9.18 Å². The van der Waals surface area contributed by atoms with E-state index in [1.807, 2.05) is 0 Å². The van der Waals surface area contributed by atoms with Crippen molar-refractivity contribution in [2.24, 2.45) is 0 Å². The van der Waals surface area contributed by atoms with E-state index in [-0.39, 0.29) is 11.7 Å². The van der Waals surface area contributed by atoms with E-state index in [1.165, 1.54) is 17.0 Å². The zero-order valence-electron chi connectivity index (χ0n) is 15.6. The van der Waals surface area contributed by atoms with Gasteiger partial charge in [-0.2, -0.15) is 0 Å². The summed E-state index contributed by atoms with van der Waals surface area (Å²) in [6.45, 7) is 3.77. The van der Waals surface area contributed by atoms with Gasteiger partial charge in [0.2, 0.25) is 0 Å². The molecule has 1 aliphatic heterocycles. The number of nitrogens with one attached hydrogen (secondary N) is 2. The highest BCUT2D eigenvalue weighted by Gasteiger charge is 2.23. The van der Waals surface area contributed by atoms with E-state index < -0.39 is 0 Å². The standard InChI is InChI=1S/C20H24FN3O3/c1-26-17-7-8-18(19(13-17)27-2)22-20(25)14-23-9-11-24(12-10-23)16-5-3-15(21)4-6-16/h3-8,13H,9-12,14H2,1-2H3,(H,22,25)/p+1. The second-order valence-corrected chi connectivity index (χ2v) is 6.50. The summed E-state index contributed by atoms with van der Waals surface area (Å²) in [4.78, 5) is 15.9. The van der Waals surface area contributed by atoms with Gasteiger partial charge in [0, 0.05) is 11.8 Å². The molecule has 0 spiro atoms. The third kappa shape index (κ3) is 4.89. The molecule has 0 aliphatic carbocycles. The molecule has 6 nitrogen and oxygen atoms in total. The Morgan fingerprint density at radius 1 is 1.11 bits per heavy atom. The van der Waals surface area contributed by atoms with Crippen LogP contribution in [0, 0.1) is 5.82 Å². The Bertz CT molecular complexity index is 775. The van der Waals surface area contributed by atoms with Crippen LogP contribution in [-0.4, -0.2) is 52.9 Å². The summed E-state index contributed by atoms with van der Waals surface area (Å²) in [7, 11) is 3.15. The summed E-state index contributed by atoms with van der Waals surface area (Å²) in [6, 6.07) is 11.8. The van der Waals surface area contributed by atoms with Gasteiger partial charge in [0.15, 0.2) is 6.54 Å². The average Bonchev–Trinajstić information content (AvgIpc) is 2.69. The van der Waals surface area contributed by atoms with Crippen LogP contribution >= 0.6 is 0 Å². The molecule has 3 rings (SSSR count). The molecule has 2 aromatic rings. The number of benzene rings is 2. The number of quaternary nitrogens is 1. The van der Waals surface area contributed by atoms with Gasteiger partial charge in [-0.25, -0.2) is 4.39 Å². The average molecular weight is 374 g/mol. The Hall–Kier alpha value is -2.80. The second-order valence-electron chi connectivity index (χ2n) is 6.50. The maximum absolute atomic E-state index is 13.1. The third-order valence-electron chi connectivity index (χ3n) is 4.76. The number of hydrogen-bond donors (Lipinski definition) is 2. The van der Waals surface area contributed by atoms with E-state index in [0.29, 0.717) is 23.7 Å². The lowest BCUT2D eigenvalue weighted by Crippen LogP contribution is -3.15. The molecule has 2 aromatic carbocycles. The molecule has 1 amide bonds. The van der Waals surface area contributed by atoms with Gasteiger partial charge in [-0.05, 0) is 36.4 Å². The van der Waals surface area contributed by atoms with E-state index in [2.05, 4.69) is 10.2 Å². The maximum Gasteiger partial charge on any atom is 0.279 e. The monoisotopic (exact) mass is 374 g/mol. The lowest BCUT2D eigenvalue weighted by Gasteiger charge is -2.33. The Balaban J connectivity index is 1.51. The minimum atomic E-state index is -0.228. The molecule has 7 heteroatoms. The lowest BCUT2D eigenvalue weighted by atomic mass is 10.2. The number of hydrogen-bond acceptors (Lipinski definition) is 4. The van der Waals surface area contributed by atoms with Crippen LogP contribution in [0.4, 0.5) is 15.8 Å². The first-order valence-corrected chi connectivity index (χ1v) is 8.95. The molecule has 1 saturated heterocycles. The van der Waals surface area contributed by atoms with Crippen molar-refractivity contribution < 1.29 is 23.6 Å². The molecule has 27 heavy (non-hydrogen) atoms. The first kappa shape index (κ1) is 19.0. The molecule has 0 unspecified atom stereocenters. The summed E-state index contributed by atoms with van der Waals surface area (Å²) >= 11 is 0. The number of anilines is 2. The van der Waals surface area contributed by atoms with E-state index >= 15 is 0 Å². The van der Waals surface area contributed by atoms with E-state index in [1.54, 1.807) is 44.6 Å². The fourth-order valence-electron chi connectivity index (χ4n) is 3.23. The van der Waals surface area contributed by atoms with Crippen molar-refractivity contribution in [3.8, 4) is 11.5 Å². The Morgan fingerprint density at radius 2 is 1.81 bits per heavy atom. The van der Waals surface area contributed by atoms with Crippen molar-refractivity contribution >= 4 is 17.3 Å². The first-order chi connectivity index (χ1) is 13.1. The zero-order valence-corrected chi connectivity index (χ0v) is 15.6. The molecular formula is C20H25FN3O3+. The van der Waals surface area contributed by atoms with Gasteiger partial charge in [-0.15, -0.1) is 0 Å². The predicted molar refractivity (Wildman–Crippen MR) is 102 cm³/mol. The SMILES string of the molecule is COc1ccc(NC(=O)C[NH+]2CCN(c3ccc(F)cc3)CC2)c(OC)c1. The number of rotatable bonds is 6. The highest BCUT2D eigenvalue weighted by molar-refractivity contribution is 5.93. The van der Waals surface area contributed by atoms with E-state index in [0.717, 1.165) is 31.9 Å². The Labute approximate surface area is 158 Å². The topological polar surface area (TPSA) is 55.2 Å². The molecule has 1 fully saturated rings. The number of methoxy groups -OCH3 is 2. The normalized spacial score (nSPS) is 14.7. The quantitative estimate of drug-likeness (QED) is 0.798. The van der Waals surface area contributed by atoms with Crippen molar-refractivity contribution in [2.75, 3.05) is 57.2 Å². The highest BCUT2D eigenvalue weighted by atomic mass is 19.1. The minimum absolute atomic E-state index is 0.0521. The Kier molecular flexibility index (Phi) is 6.13. The van der Waals surface area contributed by atoms with Gasteiger partial charge in [0.25, 0.3) is 5.91 Å². The molecule has 0 atom stereocenters. The third-order valence-corrected chi connectivity index (χ3v) is 4.76. The van der Waals surface area contributed by atoms with Gasteiger partial charge in [-0.3, -0.25) is 4.79 Å². The number of carbonyl (C=O) groups is 1. The second kappa shape index (κ2) is 8.73. The van der Waals surface area contributed by atoms with Crippen LogP contribution in [0.1, 0.15) is 0 Å². The molecule has 1 aliphatic rings. The van der Waals surface area contributed by atoms with Gasteiger partial charge in [-0.1, -0.05) is 0 Å². The largest absolute Gasteiger partial charge is 0.497 e. The van der Waals surface area contributed by atoms with Gasteiger partial charge in [0.1, 0.15) is 17.3 Å². The number of nitrogens with zero attached hydrogens (tertiary/aromatic N) is 1. The summed E-state index contributed by atoms with van der Waals surface area (Å²) in [5.41, 5.74) is 1.65. The van der Waals surface area contributed by atoms with Crippen LogP contribution < -0.4 is 24.6 Å². The molecule has 2 N–H and O–H groups in total. The fourth-order valence-corrected chi connectivity index (χ4v) is 3.23. The molecule has 0 saturated carbocycles. The number of piperazine rings is 1. The lowest BCUT2D eigenvalue weighted by molar-refractivity contribution is -0.892. The summed E-state index contributed by atoms with van der Waals surface area (Å²) in [5.74, 6) is 0.962. The molecule has 144 valence electrons. The zero-order chi connectivity index (χ0) is 19.2. The van der Waals surface area contributed by atoms with Crippen molar-refractivity contribution in [2.45, 2.75) is 0 Å². The van der Waals surface area contributed by atoms with Crippen LogP contribution in [-0.2, 0) is 4.79 Å². The van der Waals surface area contributed by atoms with Crippen LogP contribution in [0.15, 0.2) is 42.5 Å². The van der Waals surface area contributed by atoms with Crippen molar-refractivity contribution in [1.29, 1.82) is 0 Å². The maximum atomic E-state index is 13.1. The highest BCUT2D eigenvalue weighted by Crippen LogP contribution is 2.28. The molecular weight excluding hydrogens is 349 g/mol. The number of halogens is 1. The van der Waals surface area contributed by atoms with Crippen LogP contribution in [0.3, 0.4) is 0 Å². The van der Waals surface area contributed by atoms with Crippen LogP contribution in [0.25, 0.3) is 0 Å². The number of amides is 1. The van der Waals surface area contributed by atoms with Gasteiger partial charge < -0.3 is 24.6 Å². The Morgan fingerprint density at radius 3 is 2.44 bits per heavy atom. The number of ether oxygens (including phenoxy) is 2. The van der Waals surface area contributed by atoms with Crippen LogP contribution in [0.2, 0.25) is 0 Å². The molecule has 0 aromatic heterocycles. The predicted octanol–water partition coefficient (Wildman–Crippen LogP) is 1.19. The van der Waals surface area contributed by atoms with Gasteiger partial charge in [0.05, 0.1) is 46.1 Å². The smallest absolute Gasteiger partial charge is 0.279 e. The van der Waals surface area contributed by atoms with Crippen molar-refractivity contribution in [3.05, 3.63) is 48.3 Å². The van der Waals surface area contributed by atoms with Crippen molar-refractivity contribution in [3.63, 3.8) is 0 Å². The summed E-state index contributed by atoms with van der Waals surface area (Å²) in [5, 5.41) is 2.91. The number of carbonyl (C=O) groups excluding carboxylic acids is 1. The first-order valence-electron chi connectivity index (χ1n) is 8.95. The minimum Gasteiger partial charge on any atom is -0.497 e. The van der Waals surface area contributed by atoms with Crippen LogP contribution in [0.5, 0.6) is 11.5 Å². The van der Waals surface area contributed by atoms with Gasteiger partial charge >= 0.3 is 0 Å². The molecule has 0 radical (unpaired) electrons. The summed E-state index contributed by atoms with van der Waals surface area (Å²) in [6.07, 6.45) is 0.